The van der Waals surface area contributed by atoms with Crippen LogP contribution in [0.1, 0.15) is 65.3 Å². The van der Waals surface area contributed by atoms with Crippen LogP contribution in [0.4, 0.5) is 5.69 Å². The summed E-state index contributed by atoms with van der Waals surface area (Å²) in [5.74, 6) is 0.345. The summed E-state index contributed by atoms with van der Waals surface area (Å²) < 4.78 is 34.8. The van der Waals surface area contributed by atoms with Crippen molar-refractivity contribution in [2.45, 2.75) is 44.4 Å². The predicted molar refractivity (Wildman–Crippen MR) is 185 cm³/mol. The van der Waals surface area contributed by atoms with Gasteiger partial charge >= 0.3 is 16.2 Å². The van der Waals surface area contributed by atoms with Crippen LogP contribution >= 0.6 is 0 Å². The smallest absolute Gasteiger partial charge is 0.337 e. The van der Waals surface area contributed by atoms with Gasteiger partial charge in [-0.25, -0.2) is 18.8 Å². The Hall–Kier alpha value is -5.22. The van der Waals surface area contributed by atoms with Gasteiger partial charge in [0.05, 0.1) is 24.1 Å². The van der Waals surface area contributed by atoms with Crippen LogP contribution in [0.2, 0.25) is 0 Å². The van der Waals surface area contributed by atoms with Crippen LogP contribution in [0.25, 0.3) is 28.1 Å². The molecule has 48 heavy (non-hydrogen) atoms. The van der Waals surface area contributed by atoms with Crippen LogP contribution in [-0.4, -0.2) is 43.5 Å². The van der Waals surface area contributed by atoms with E-state index in [0.717, 1.165) is 32.6 Å². The molecule has 1 saturated heterocycles. The van der Waals surface area contributed by atoms with Crippen molar-refractivity contribution in [2.24, 2.45) is 0 Å². The summed E-state index contributed by atoms with van der Waals surface area (Å²) in [6.45, 7) is -0.258. The van der Waals surface area contributed by atoms with Crippen molar-refractivity contribution in [3.8, 4) is 28.1 Å². The van der Waals surface area contributed by atoms with E-state index in [-0.39, 0.29) is 6.54 Å². The highest BCUT2D eigenvalue weighted by atomic mass is 32.2. The monoisotopic (exact) mass is 660 g/mol. The summed E-state index contributed by atoms with van der Waals surface area (Å²) in [5, 5.41) is 0. The number of anilines is 1. The van der Waals surface area contributed by atoms with Crippen molar-refractivity contribution in [3.05, 3.63) is 126 Å². The Balaban J connectivity index is 1.27. The second kappa shape index (κ2) is 13.1. The molecule has 1 aromatic heterocycles. The van der Waals surface area contributed by atoms with Crippen LogP contribution in [0.3, 0.4) is 0 Å². The van der Waals surface area contributed by atoms with Gasteiger partial charge in [-0.2, -0.15) is 8.42 Å². The lowest BCUT2D eigenvalue weighted by Gasteiger charge is -2.25. The number of esters is 1. The second-order valence-electron chi connectivity index (χ2n) is 12.3. The lowest BCUT2D eigenvalue weighted by atomic mass is 9.80. The summed E-state index contributed by atoms with van der Waals surface area (Å²) in [4.78, 5) is 28.9. The number of methoxy groups -OCH3 is 1. The van der Waals surface area contributed by atoms with Crippen LogP contribution in [-0.2, 0) is 26.2 Å². The highest BCUT2D eigenvalue weighted by molar-refractivity contribution is 7.92. The number of rotatable bonds is 8. The van der Waals surface area contributed by atoms with E-state index < -0.39 is 22.1 Å². The van der Waals surface area contributed by atoms with E-state index in [0.29, 0.717) is 23.6 Å². The number of carbonyl (C=O) groups excluding carboxylic acids is 2. The molecule has 0 spiro atoms. The fraction of sp³-hybridized carbons (Fsp3) is 0.237. The van der Waals surface area contributed by atoms with Crippen molar-refractivity contribution < 1.29 is 22.7 Å². The van der Waals surface area contributed by atoms with Crippen molar-refractivity contribution in [1.82, 2.24) is 14.3 Å². The molecule has 0 bridgehead atoms. The molecule has 7 rings (SSSR count). The largest absolute Gasteiger partial charge is 0.465 e. The molecule has 1 aliphatic carbocycles. The Morgan fingerprint density at radius 1 is 0.875 bits per heavy atom. The molecule has 10 heteroatoms. The topological polar surface area (TPSA) is 111 Å². The normalized spacial score (nSPS) is 16.1. The van der Waals surface area contributed by atoms with E-state index >= 15 is 0 Å². The number of aromatic nitrogens is 2. The number of imidazole rings is 1. The van der Waals surface area contributed by atoms with Crippen molar-refractivity contribution in [1.29, 1.82) is 0 Å². The lowest BCUT2D eigenvalue weighted by molar-refractivity contribution is -0.117. The van der Waals surface area contributed by atoms with E-state index in [9.17, 15) is 18.0 Å². The van der Waals surface area contributed by atoms with E-state index in [4.69, 9.17) is 9.72 Å². The average Bonchev–Trinajstić information content (AvgIpc) is 3.67. The maximum atomic E-state index is 12.4. The Bertz CT molecular complexity index is 2070. The molecule has 0 unspecified atom stereocenters. The number of nitrogens with zero attached hydrogens (tertiary/aromatic N) is 3. The third-order valence-corrected chi connectivity index (χ3v) is 10.6. The Morgan fingerprint density at radius 3 is 2.25 bits per heavy atom. The molecule has 4 aromatic carbocycles. The minimum atomic E-state index is -3.91. The quantitative estimate of drug-likeness (QED) is 0.183. The van der Waals surface area contributed by atoms with Crippen molar-refractivity contribution >= 4 is 27.8 Å². The molecular formula is C38H36N4O5S. The number of carbonyl (C=O) groups is 2. The molecule has 0 radical (unpaired) electrons. The fourth-order valence-electron chi connectivity index (χ4n) is 6.79. The molecule has 2 heterocycles. The number of benzene rings is 4. The molecule has 9 nitrogen and oxygen atoms in total. The number of hydrogen-bond acceptors (Lipinski definition) is 6. The molecule has 1 aliphatic heterocycles. The van der Waals surface area contributed by atoms with Crippen LogP contribution in [0.5, 0.6) is 0 Å². The molecule has 1 N–H and O–H groups in total. The van der Waals surface area contributed by atoms with Gasteiger partial charge in [0, 0.05) is 23.9 Å². The molecule has 1 saturated carbocycles. The van der Waals surface area contributed by atoms with Gasteiger partial charge in [-0.05, 0) is 77.4 Å². The van der Waals surface area contributed by atoms with E-state index in [1.807, 2.05) is 45.8 Å². The standard InChI is InChI=1S/C38H36N4O5S/c1-47-38(44)30-15-13-29(14-16-30)35-24-41(31-17-19-32(20-18-31)42-25-37(43)40-48(42,45)46)36(39-35)23-26-12-21-33(27-8-4-2-5-9-27)34(22-26)28-10-6-3-7-11-28/h2,4-5,8-9,12-22,24,28H,3,6-7,10-11,23,25H2,1H3,(H,40,43). The summed E-state index contributed by atoms with van der Waals surface area (Å²) in [5.41, 5.74) is 8.25. The summed E-state index contributed by atoms with van der Waals surface area (Å²) in [7, 11) is -2.56. The summed E-state index contributed by atoms with van der Waals surface area (Å²) in [6, 6.07) is 31.5. The predicted octanol–water partition coefficient (Wildman–Crippen LogP) is 6.81. The summed E-state index contributed by atoms with van der Waals surface area (Å²) >= 11 is 0. The Kier molecular flexibility index (Phi) is 8.58. The van der Waals surface area contributed by atoms with Gasteiger partial charge in [0.15, 0.2) is 0 Å². The Labute approximate surface area is 280 Å². The minimum absolute atomic E-state index is 0.258. The van der Waals surface area contributed by atoms with Gasteiger partial charge in [0.25, 0.3) is 5.91 Å². The Morgan fingerprint density at radius 2 is 1.58 bits per heavy atom. The van der Waals surface area contributed by atoms with Gasteiger partial charge in [-0.15, -0.1) is 0 Å². The molecule has 1 amide bonds. The molecule has 2 fully saturated rings. The first-order valence-corrected chi connectivity index (χ1v) is 17.6. The number of nitrogens with one attached hydrogen (secondary N) is 1. The maximum absolute atomic E-state index is 12.4. The van der Waals surface area contributed by atoms with Crippen LogP contribution in [0, 0.1) is 0 Å². The number of amides is 1. The first-order valence-electron chi connectivity index (χ1n) is 16.2. The highest BCUT2D eigenvalue weighted by Gasteiger charge is 2.34. The maximum Gasteiger partial charge on any atom is 0.337 e. The average molecular weight is 661 g/mol. The zero-order chi connectivity index (χ0) is 33.3. The first kappa shape index (κ1) is 31.4. The van der Waals surface area contributed by atoms with E-state index in [1.165, 1.54) is 55.9 Å². The number of ether oxygens (including phenoxy) is 1. The molecule has 244 valence electrons. The SMILES string of the molecule is COC(=O)c1ccc(-c2cn(-c3ccc(N4CC(=O)NS4(=O)=O)cc3)c(Cc3ccc(-c4ccccc4)c(C4CCCCC4)c3)n2)cc1. The summed E-state index contributed by atoms with van der Waals surface area (Å²) in [6.07, 6.45) is 8.65. The zero-order valence-corrected chi connectivity index (χ0v) is 27.4. The fourth-order valence-corrected chi connectivity index (χ4v) is 7.94. The van der Waals surface area contributed by atoms with Gasteiger partial charge in [-0.1, -0.05) is 79.9 Å². The van der Waals surface area contributed by atoms with E-state index in [2.05, 4.69) is 42.5 Å². The highest BCUT2D eigenvalue weighted by Crippen LogP contribution is 2.39. The number of hydrogen-bond donors (Lipinski definition) is 1. The van der Waals surface area contributed by atoms with Gasteiger partial charge in [0.1, 0.15) is 12.4 Å². The van der Waals surface area contributed by atoms with E-state index in [1.54, 1.807) is 24.3 Å². The molecule has 0 atom stereocenters. The molecule has 2 aliphatic rings. The van der Waals surface area contributed by atoms with Crippen molar-refractivity contribution in [2.75, 3.05) is 18.0 Å². The van der Waals surface area contributed by atoms with Gasteiger partial charge < -0.3 is 9.30 Å². The van der Waals surface area contributed by atoms with Gasteiger partial charge in [-0.3, -0.25) is 4.79 Å². The first-order chi connectivity index (χ1) is 23.3. The third-order valence-electron chi connectivity index (χ3n) is 9.22. The third kappa shape index (κ3) is 6.35. The molecular weight excluding hydrogens is 625 g/mol. The minimum Gasteiger partial charge on any atom is -0.465 e. The zero-order valence-electron chi connectivity index (χ0n) is 26.6. The lowest BCUT2D eigenvalue weighted by Crippen LogP contribution is -2.29. The van der Waals surface area contributed by atoms with Crippen molar-refractivity contribution in [3.63, 3.8) is 0 Å². The van der Waals surface area contributed by atoms with Crippen LogP contribution in [0.15, 0.2) is 103 Å². The van der Waals surface area contributed by atoms with Crippen LogP contribution < -0.4 is 9.03 Å². The second-order valence-corrected chi connectivity index (χ2v) is 13.9. The molecule has 5 aromatic rings. The van der Waals surface area contributed by atoms with Gasteiger partial charge in [0.2, 0.25) is 0 Å².